The van der Waals surface area contributed by atoms with Crippen molar-refractivity contribution in [2.75, 3.05) is 18.5 Å². The van der Waals surface area contributed by atoms with Crippen LogP contribution in [0.3, 0.4) is 0 Å². The summed E-state index contributed by atoms with van der Waals surface area (Å²) in [6, 6.07) is 0. The minimum atomic E-state index is -0.415. The molecule has 0 saturated carbocycles. The van der Waals surface area contributed by atoms with E-state index in [0.29, 0.717) is 18.7 Å². The van der Waals surface area contributed by atoms with Crippen LogP contribution in [0.25, 0.3) is 0 Å². The number of hydrogen-bond donors (Lipinski definition) is 2. The van der Waals surface area contributed by atoms with E-state index in [9.17, 15) is 4.39 Å². The van der Waals surface area contributed by atoms with Gasteiger partial charge in [0.1, 0.15) is 6.33 Å². The zero-order chi connectivity index (χ0) is 12.2. The first kappa shape index (κ1) is 12.8. The van der Waals surface area contributed by atoms with Gasteiger partial charge in [0.05, 0.1) is 5.69 Å². The third-order valence-corrected chi connectivity index (χ3v) is 2.49. The average molecular weight is 227 g/mol. The number of aliphatic hydroxyl groups is 1. The molecule has 1 heterocycles. The number of aromatic nitrogens is 2. The van der Waals surface area contributed by atoms with Crippen LogP contribution in [0.5, 0.6) is 0 Å². The van der Waals surface area contributed by atoms with E-state index in [1.807, 2.05) is 13.8 Å². The number of anilines is 1. The fraction of sp³-hybridized carbons (Fsp3) is 0.636. The molecule has 0 fully saturated rings. The van der Waals surface area contributed by atoms with Crippen molar-refractivity contribution >= 4 is 5.82 Å². The van der Waals surface area contributed by atoms with Crippen LogP contribution in [-0.4, -0.2) is 28.2 Å². The zero-order valence-corrected chi connectivity index (χ0v) is 9.92. The van der Waals surface area contributed by atoms with Crippen molar-refractivity contribution in [3.8, 4) is 0 Å². The molecule has 0 aliphatic carbocycles. The molecule has 0 bridgehead atoms. The first-order chi connectivity index (χ1) is 7.46. The monoisotopic (exact) mass is 227 g/mol. The van der Waals surface area contributed by atoms with Crippen molar-refractivity contribution in [2.24, 2.45) is 5.41 Å². The van der Waals surface area contributed by atoms with Crippen LogP contribution >= 0.6 is 0 Å². The SMILES string of the molecule is Cc1ncnc(NCC(C)(C)CCO)c1F. The fourth-order valence-corrected chi connectivity index (χ4v) is 1.30. The van der Waals surface area contributed by atoms with E-state index < -0.39 is 5.82 Å². The maximum Gasteiger partial charge on any atom is 0.186 e. The van der Waals surface area contributed by atoms with E-state index in [0.717, 1.165) is 0 Å². The number of halogens is 1. The van der Waals surface area contributed by atoms with Gasteiger partial charge in [0, 0.05) is 13.2 Å². The van der Waals surface area contributed by atoms with Gasteiger partial charge in [0.25, 0.3) is 0 Å². The minimum Gasteiger partial charge on any atom is -0.396 e. The van der Waals surface area contributed by atoms with Crippen LogP contribution in [0.4, 0.5) is 10.2 Å². The van der Waals surface area contributed by atoms with Gasteiger partial charge in [-0.1, -0.05) is 13.8 Å². The summed E-state index contributed by atoms with van der Waals surface area (Å²) < 4.78 is 13.5. The highest BCUT2D eigenvalue weighted by atomic mass is 19.1. The molecule has 1 aromatic heterocycles. The van der Waals surface area contributed by atoms with E-state index in [2.05, 4.69) is 15.3 Å². The Morgan fingerprint density at radius 2 is 2.12 bits per heavy atom. The lowest BCUT2D eigenvalue weighted by molar-refractivity contribution is 0.220. The van der Waals surface area contributed by atoms with Crippen molar-refractivity contribution in [3.63, 3.8) is 0 Å². The van der Waals surface area contributed by atoms with E-state index in [1.54, 1.807) is 6.92 Å². The van der Waals surface area contributed by atoms with Crippen molar-refractivity contribution in [1.82, 2.24) is 9.97 Å². The predicted octanol–water partition coefficient (Wildman–Crippen LogP) is 1.74. The third kappa shape index (κ3) is 3.41. The summed E-state index contributed by atoms with van der Waals surface area (Å²) in [4.78, 5) is 7.60. The Hall–Kier alpha value is -1.23. The summed E-state index contributed by atoms with van der Waals surface area (Å²) >= 11 is 0. The highest BCUT2D eigenvalue weighted by molar-refractivity contribution is 5.36. The summed E-state index contributed by atoms with van der Waals surface area (Å²) in [7, 11) is 0. The topological polar surface area (TPSA) is 58.0 Å². The molecule has 0 aromatic carbocycles. The second kappa shape index (κ2) is 5.21. The maximum atomic E-state index is 13.5. The van der Waals surface area contributed by atoms with Crippen molar-refractivity contribution in [2.45, 2.75) is 27.2 Å². The maximum absolute atomic E-state index is 13.5. The standard InChI is InChI=1S/C11H18FN3O/c1-8-9(12)10(15-7-14-8)13-6-11(2,3)4-5-16/h7,16H,4-6H2,1-3H3,(H,13,14,15). The lowest BCUT2D eigenvalue weighted by Gasteiger charge is -2.24. The van der Waals surface area contributed by atoms with E-state index >= 15 is 0 Å². The Balaban J connectivity index is 2.64. The Labute approximate surface area is 94.9 Å². The first-order valence-electron chi connectivity index (χ1n) is 5.28. The zero-order valence-electron chi connectivity index (χ0n) is 9.92. The summed E-state index contributed by atoms with van der Waals surface area (Å²) in [5, 5.41) is 11.8. The van der Waals surface area contributed by atoms with Gasteiger partial charge in [-0.15, -0.1) is 0 Å². The molecule has 0 unspecified atom stereocenters. The van der Waals surface area contributed by atoms with Gasteiger partial charge in [-0.25, -0.2) is 14.4 Å². The predicted molar refractivity (Wildman–Crippen MR) is 60.7 cm³/mol. The number of nitrogens with zero attached hydrogens (tertiary/aromatic N) is 2. The normalized spacial score (nSPS) is 11.6. The smallest absolute Gasteiger partial charge is 0.186 e. The quantitative estimate of drug-likeness (QED) is 0.804. The van der Waals surface area contributed by atoms with Gasteiger partial charge in [-0.3, -0.25) is 0 Å². The highest BCUT2D eigenvalue weighted by Gasteiger charge is 2.18. The fourth-order valence-electron chi connectivity index (χ4n) is 1.30. The molecule has 0 amide bonds. The Kier molecular flexibility index (Phi) is 4.18. The van der Waals surface area contributed by atoms with Crippen LogP contribution in [0, 0.1) is 18.2 Å². The molecule has 1 rings (SSSR count). The second-order valence-corrected chi connectivity index (χ2v) is 4.61. The van der Waals surface area contributed by atoms with Crippen LogP contribution in [0.1, 0.15) is 26.0 Å². The molecule has 2 N–H and O–H groups in total. The van der Waals surface area contributed by atoms with Crippen LogP contribution in [-0.2, 0) is 0 Å². The third-order valence-electron chi connectivity index (χ3n) is 2.49. The van der Waals surface area contributed by atoms with Gasteiger partial charge >= 0.3 is 0 Å². The summed E-state index contributed by atoms with van der Waals surface area (Å²) in [6.45, 7) is 6.28. The second-order valence-electron chi connectivity index (χ2n) is 4.61. The minimum absolute atomic E-state index is 0.0972. The first-order valence-corrected chi connectivity index (χ1v) is 5.28. The largest absolute Gasteiger partial charge is 0.396 e. The Morgan fingerprint density at radius 1 is 1.44 bits per heavy atom. The molecule has 0 atom stereocenters. The summed E-state index contributed by atoms with van der Waals surface area (Å²) in [6.07, 6.45) is 1.99. The summed E-state index contributed by atoms with van der Waals surface area (Å²) in [5.41, 5.74) is 0.234. The van der Waals surface area contributed by atoms with Crippen LogP contribution in [0.2, 0.25) is 0 Å². The average Bonchev–Trinajstić information content (AvgIpc) is 2.20. The molecule has 4 nitrogen and oxygen atoms in total. The molecule has 5 heteroatoms. The molecule has 0 spiro atoms. The number of hydrogen-bond acceptors (Lipinski definition) is 4. The number of nitrogens with one attached hydrogen (secondary N) is 1. The van der Waals surface area contributed by atoms with E-state index in [-0.39, 0.29) is 17.8 Å². The molecule has 1 aromatic rings. The summed E-state index contributed by atoms with van der Waals surface area (Å²) in [5.74, 6) is -0.194. The van der Waals surface area contributed by atoms with Crippen LogP contribution in [0.15, 0.2) is 6.33 Å². The molecule has 16 heavy (non-hydrogen) atoms. The molecule has 0 radical (unpaired) electrons. The van der Waals surface area contributed by atoms with Crippen molar-refractivity contribution in [1.29, 1.82) is 0 Å². The van der Waals surface area contributed by atoms with E-state index in [4.69, 9.17) is 5.11 Å². The highest BCUT2D eigenvalue weighted by Crippen LogP contribution is 2.21. The van der Waals surface area contributed by atoms with Gasteiger partial charge in [-0.2, -0.15) is 0 Å². The van der Waals surface area contributed by atoms with Gasteiger partial charge in [0.15, 0.2) is 11.6 Å². The number of aryl methyl sites for hydroxylation is 1. The van der Waals surface area contributed by atoms with E-state index in [1.165, 1.54) is 6.33 Å². The molecule has 0 aliphatic rings. The molecule has 0 saturated heterocycles. The lowest BCUT2D eigenvalue weighted by Crippen LogP contribution is -2.25. The van der Waals surface area contributed by atoms with Crippen molar-refractivity contribution < 1.29 is 9.50 Å². The number of rotatable bonds is 5. The lowest BCUT2D eigenvalue weighted by atomic mass is 9.90. The Bertz CT molecular complexity index is 355. The van der Waals surface area contributed by atoms with Crippen molar-refractivity contribution in [3.05, 3.63) is 17.8 Å². The Morgan fingerprint density at radius 3 is 2.75 bits per heavy atom. The molecule has 0 aliphatic heterocycles. The molecular formula is C11H18FN3O. The van der Waals surface area contributed by atoms with Gasteiger partial charge in [-0.05, 0) is 18.8 Å². The van der Waals surface area contributed by atoms with Gasteiger partial charge < -0.3 is 10.4 Å². The number of aliphatic hydroxyl groups excluding tert-OH is 1. The molecular weight excluding hydrogens is 209 g/mol. The van der Waals surface area contributed by atoms with Crippen LogP contribution < -0.4 is 5.32 Å². The van der Waals surface area contributed by atoms with Gasteiger partial charge in [0.2, 0.25) is 0 Å². The molecule has 90 valence electrons.